The number of nitrogens with two attached hydrogens (primary N) is 1. The number of benzene rings is 1. The maximum Gasteiger partial charge on any atom is 0.118 e. The highest BCUT2D eigenvalue weighted by atomic mass is 16.5. The van der Waals surface area contributed by atoms with E-state index >= 15 is 0 Å². The van der Waals surface area contributed by atoms with E-state index in [0.717, 1.165) is 30.4 Å². The van der Waals surface area contributed by atoms with Gasteiger partial charge in [0.05, 0.1) is 7.11 Å². The van der Waals surface area contributed by atoms with Gasteiger partial charge in [-0.05, 0) is 48.8 Å². The molecule has 1 aliphatic carbocycles. The third kappa shape index (κ3) is 4.45. The third-order valence-electron chi connectivity index (χ3n) is 5.13. The predicted octanol–water partition coefficient (Wildman–Crippen LogP) is 3.68. The number of aryl methyl sites for hydroxylation is 1. The molecule has 0 amide bonds. The summed E-state index contributed by atoms with van der Waals surface area (Å²) in [5.41, 5.74) is 4.47. The zero-order valence-corrected chi connectivity index (χ0v) is 13.5. The first kappa shape index (κ1) is 16.3. The van der Waals surface area contributed by atoms with Crippen molar-refractivity contribution in [2.45, 2.75) is 57.9 Å². The van der Waals surface area contributed by atoms with Crippen molar-refractivity contribution in [2.24, 2.45) is 17.7 Å². The largest absolute Gasteiger partial charge is 0.497 e. The van der Waals surface area contributed by atoms with Crippen LogP contribution in [0, 0.1) is 11.8 Å². The van der Waals surface area contributed by atoms with Crippen molar-refractivity contribution in [3.8, 4) is 5.75 Å². The van der Waals surface area contributed by atoms with E-state index in [-0.39, 0.29) is 0 Å². The molecule has 3 nitrogen and oxygen atoms in total. The van der Waals surface area contributed by atoms with Crippen LogP contribution in [0.4, 0.5) is 0 Å². The van der Waals surface area contributed by atoms with Gasteiger partial charge in [-0.25, -0.2) is 0 Å². The average molecular weight is 290 g/mol. The van der Waals surface area contributed by atoms with Crippen molar-refractivity contribution >= 4 is 0 Å². The molecule has 0 radical (unpaired) electrons. The molecule has 3 N–H and O–H groups in total. The lowest BCUT2D eigenvalue weighted by Gasteiger charge is -2.36. The SMILES string of the molecule is CCC1CCCCC1C(CCc1ccc(OC)cc1)NN. The van der Waals surface area contributed by atoms with Gasteiger partial charge in [-0.15, -0.1) is 0 Å². The van der Waals surface area contributed by atoms with Crippen LogP contribution in [-0.2, 0) is 6.42 Å². The van der Waals surface area contributed by atoms with E-state index in [1.807, 2.05) is 12.1 Å². The zero-order chi connectivity index (χ0) is 15.1. The maximum atomic E-state index is 5.86. The Labute approximate surface area is 129 Å². The second kappa shape index (κ2) is 8.40. The molecule has 3 unspecified atom stereocenters. The Bertz CT molecular complexity index is 404. The molecule has 1 fully saturated rings. The first-order chi connectivity index (χ1) is 10.3. The van der Waals surface area contributed by atoms with Crippen LogP contribution in [0.25, 0.3) is 0 Å². The molecule has 2 rings (SSSR count). The molecule has 118 valence electrons. The van der Waals surface area contributed by atoms with Gasteiger partial charge in [-0.2, -0.15) is 0 Å². The van der Waals surface area contributed by atoms with Crippen LogP contribution in [0.15, 0.2) is 24.3 Å². The van der Waals surface area contributed by atoms with Gasteiger partial charge < -0.3 is 4.74 Å². The number of rotatable bonds is 7. The fraction of sp³-hybridized carbons (Fsp3) is 0.667. The summed E-state index contributed by atoms with van der Waals surface area (Å²) in [6.07, 6.45) is 8.94. The highest BCUT2D eigenvalue weighted by Crippen LogP contribution is 2.35. The van der Waals surface area contributed by atoms with E-state index in [2.05, 4.69) is 24.5 Å². The minimum absolute atomic E-state index is 0.442. The fourth-order valence-electron chi connectivity index (χ4n) is 3.81. The highest BCUT2D eigenvalue weighted by Gasteiger charge is 2.29. The molecular formula is C18H30N2O. The standard InChI is InChI=1S/C18H30N2O/c1-3-15-6-4-5-7-17(15)18(20-19)13-10-14-8-11-16(21-2)12-9-14/h8-9,11-12,15,17-18,20H,3-7,10,13,19H2,1-2H3. The van der Waals surface area contributed by atoms with Gasteiger partial charge in [0.25, 0.3) is 0 Å². The van der Waals surface area contributed by atoms with E-state index in [4.69, 9.17) is 10.6 Å². The summed E-state index contributed by atoms with van der Waals surface area (Å²) in [5, 5.41) is 0. The second-order valence-corrected chi connectivity index (χ2v) is 6.28. The van der Waals surface area contributed by atoms with Crippen molar-refractivity contribution in [1.29, 1.82) is 0 Å². The molecule has 1 aromatic rings. The molecule has 0 heterocycles. The van der Waals surface area contributed by atoms with Crippen LogP contribution in [0.2, 0.25) is 0 Å². The first-order valence-corrected chi connectivity index (χ1v) is 8.37. The zero-order valence-electron chi connectivity index (χ0n) is 13.5. The van der Waals surface area contributed by atoms with E-state index < -0.39 is 0 Å². The Kier molecular flexibility index (Phi) is 6.52. The minimum Gasteiger partial charge on any atom is -0.497 e. The number of nitrogens with one attached hydrogen (secondary N) is 1. The normalized spacial score (nSPS) is 23.8. The molecule has 0 bridgehead atoms. The van der Waals surface area contributed by atoms with Crippen LogP contribution in [-0.4, -0.2) is 13.2 Å². The molecule has 0 aromatic heterocycles. The van der Waals surface area contributed by atoms with Crippen LogP contribution < -0.4 is 16.0 Å². The minimum atomic E-state index is 0.442. The molecular weight excluding hydrogens is 260 g/mol. The van der Waals surface area contributed by atoms with E-state index in [1.165, 1.54) is 37.7 Å². The summed E-state index contributed by atoms with van der Waals surface area (Å²) in [4.78, 5) is 0. The topological polar surface area (TPSA) is 47.3 Å². The van der Waals surface area contributed by atoms with Crippen molar-refractivity contribution in [2.75, 3.05) is 7.11 Å². The molecule has 0 aliphatic heterocycles. The summed E-state index contributed by atoms with van der Waals surface area (Å²) in [5.74, 6) is 8.37. The third-order valence-corrected chi connectivity index (χ3v) is 5.13. The maximum absolute atomic E-state index is 5.86. The van der Waals surface area contributed by atoms with Crippen molar-refractivity contribution in [1.82, 2.24) is 5.43 Å². The van der Waals surface area contributed by atoms with Crippen LogP contribution in [0.3, 0.4) is 0 Å². The van der Waals surface area contributed by atoms with Crippen LogP contribution in [0.1, 0.15) is 51.0 Å². The number of hydrogen-bond acceptors (Lipinski definition) is 3. The predicted molar refractivity (Wildman–Crippen MR) is 88.2 cm³/mol. The van der Waals surface area contributed by atoms with Gasteiger partial charge in [0.2, 0.25) is 0 Å². The Morgan fingerprint density at radius 1 is 1.24 bits per heavy atom. The van der Waals surface area contributed by atoms with Gasteiger partial charge in [0, 0.05) is 6.04 Å². The summed E-state index contributed by atoms with van der Waals surface area (Å²) >= 11 is 0. The van der Waals surface area contributed by atoms with Crippen LogP contribution >= 0.6 is 0 Å². The molecule has 1 aliphatic rings. The number of hydrazine groups is 1. The highest BCUT2D eigenvalue weighted by molar-refractivity contribution is 5.27. The van der Waals surface area contributed by atoms with Gasteiger partial charge >= 0.3 is 0 Å². The number of ether oxygens (including phenoxy) is 1. The van der Waals surface area contributed by atoms with Crippen molar-refractivity contribution in [3.63, 3.8) is 0 Å². The van der Waals surface area contributed by atoms with E-state index in [1.54, 1.807) is 7.11 Å². The van der Waals surface area contributed by atoms with E-state index in [0.29, 0.717) is 6.04 Å². The quantitative estimate of drug-likeness (QED) is 0.595. The molecule has 1 aromatic carbocycles. The van der Waals surface area contributed by atoms with Gasteiger partial charge in [-0.3, -0.25) is 11.3 Å². The van der Waals surface area contributed by atoms with Crippen molar-refractivity contribution < 1.29 is 4.74 Å². The van der Waals surface area contributed by atoms with Gasteiger partial charge in [0.15, 0.2) is 0 Å². The lowest BCUT2D eigenvalue weighted by molar-refractivity contribution is 0.169. The Morgan fingerprint density at radius 3 is 2.57 bits per heavy atom. The Hall–Kier alpha value is -1.06. The van der Waals surface area contributed by atoms with Crippen molar-refractivity contribution in [3.05, 3.63) is 29.8 Å². The molecule has 3 atom stereocenters. The summed E-state index contributed by atoms with van der Waals surface area (Å²) in [7, 11) is 1.71. The second-order valence-electron chi connectivity index (χ2n) is 6.28. The first-order valence-electron chi connectivity index (χ1n) is 8.37. The van der Waals surface area contributed by atoms with Crippen LogP contribution in [0.5, 0.6) is 5.75 Å². The lowest BCUT2D eigenvalue weighted by atomic mass is 9.73. The molecule has 21 heavy (non-hydrogen) atoms. The summed E-state index contributed by atoms with van der Waals surface area (Å²) in [6.45, 7) is 2.32. The lowest BCUT2D eigenvalue weighted by Crippen LogP contribution is -2.44. The smallest absolute Gasteiger partial charge is 0.118 e. The number of methoxy groups -OCH3 is 1. The monoisotopic (exact) mass is 290 g/mol. The molecule has 0 saturated heterocycles. The molecule has 0 spiro atoms. The Balaban J connectivity index is 1.91. The summed E-state index contributed by atoms with van der Waals surface area (Å²) < 4.78 is 5.21. The fourth-order valence-corrected chi connectivity index (χ4v) is 3.81. The average Bonchev–Trinajstić information content (AvgIpc) is 2.56. The van der Waals surface area contributed by atoms with E-state index in [9.17, 15) is 0 Å². The summed E-state index contributed by atoms with van der Waals surface area (Å²) in [6, 6.07) is 8.83. The number of hydrogen-bond donors (Lipinski definition) is 2. The Morgan fingerprint density at radius 2 is 1.95 bits per heavy atom. The van der Waals surface area contributed by atoms with Gasteiger partial charge in [-0.1, -0.05) is 44.7 Å². The molecule has 1 saturated carbocycles. The molecule has 3 heteroatoms. The van der Waals surface area contributed by atoms with Gasteiger partial charge in [0.1, 0.15) is 5.75 Å².